The summed E-state index contributed by atoms with van der Waals surface area (Å²) in [5.74, 6) is 0.921. The van der Waals surface area contributed by atoms with Crippen LogP contribution in [0.5, 0.6) is 0 Å². The molecule has 18 heavy (non-hydrogen) atoms. The van der Waals surface area contributed by atoms with Gasteiger partial charge in [0.15, 0.2) is 0 Å². The Labute approximate surface area is 108 Å². The summed E-state index contributed by atoms with van der Waals surface area (Å²) in [6.07, 6.45) is 3.39. The van der Waals surface area contributed by atoms with E-state index in [1.165, 1.54) is 0 Å². The van der Waals surface area contributed by atoms with E-state index in [4.69, 9.17) is 4.74 Å². The van der Waals surface area contributed by atoms with Gasteiger partial charge < -0.3 is 9.84 Å². The highest BCUT2D eigenvalue weighted by Gasteiger charge is 2.49. The number of allylic oxidation sites excluding steroid dienone is 1. The van der Waals surface area contributed by atoms with Gasteiger partial charge in [0, 0.05) is 11.5 Å². The van der Waals surface area contributed by atoms with Gasteiger partial charge in [0.1, 0.15) is 6.10 Å². The quantitative estimate of drug-likeness (QED) is 0.528. The van der Waals surface area contributed by atoms with Crippen LogP contribution >= 0.6 is 0 Å². The van der Waals surface area contributed by atoms with Crippen LogP contribution in [0.1, 0.15) is 33.6 Å². The molecule has 98 valence electrons. The third kappa shape index (κ3) is 1.50. The third-order valence-corrected chi connectivity index (χ3v) is 4.97. The van der Waals surface area contributed by atoms with E-state index < -0.39 is 6.10 Å². The molecular weight excluding hydrogens is 228 g/mol. The van der Waals surface area contributed by atoms with Crippen molar-refractivity contribution in [2.75, 3.05) is 0 Å². The Bertz CT molecular complexity index is 460. The summed E-state index contributed by atoms with van der Waals surface area (Å²) in [6.45, 7) is 6.01. The monoisotopic (exact) mass is 248 g/mol. The molecular formula is C15H20O3. The normalized spacial score (nSPS) is 43.2. The molecule has 0 amide bonds. The third-order valence-electron chi connectivity index (χ3n) is 4.97. The number of aliphatic hydroxyl groups is 1. The molecule has 0 aromatic carbocycles. The fourth-order valence-corrected chi connectivity index (χ4v) is 3.94. The van der Waals surface area contributed by atoms with Gasteiger partial charge in [-0.3, -0.25) is 0 Å². The van der Waals surface area contributed by atoms with Crippen molar-refractivity contribution in [2.45, 2.75) is 45.8 Å². The first-order valence-corrected chi connectivity index (χ1v) is 6.77. The van der Waals surface area contributed by atoms with Crippen LogP contribution < -0.4 is 0 Å². The van der Waals surface area contributed by atoms with E-state index in [1.807, 2.05) is 6.92 Å². The van der Waals surface area contributed by atoms with Crippen molar-refractivity contribution < 1.29 is 14.6 Å². The molecule has 1 fully saturated rings. The highest BCUT2D eigenvalue weighted by Crippen LogP contribution is 2.50. The van der Waals surface area contributed by atoms with Crippen LogP contribution in [0.25, 0.3) is 0 Å². The number of carbonyl (C=O) groups is 1. The van der Waals surface area contributed by atoms with Crippen molar-refractivity contribution in [1.29, 1.82) is 0 Å². The summed E-state index contributed by atoms with van der Waals surface area (Å²) in [5.41, 5.74) is 2.72. The van der Waals surface area contributed by atoms with Crippen molar-refractivity contribution in [3.8, 4) is 0 Å². The second kappa shape index (κ2) is 3.95. The summed E-state index contributed by atoms with van der Waals surface area (Å²) < 4.78 is 5.57. The van der Waals surface area contributed by atoms with Gasteiger partial charge in [-0.2, -0.15) is 0 Å². The van der Waals surface area contributed by atoms with Gasteiger partial charge in [0.25, 0.3) is 0 Å². The van der Waals surface area contributed by atoms with Gasteiger partial charge in [-0.1, -0.05) is 13.0 Å². The van der Waals surface area contributed by atoms with Crippen molar-refractivity contribution in [3.63, 3.8) is 0 Å². The van der Waals surface area contributed by atoms with Crippen LogP contribution in [0, 0.1) is 17.8 Å². The number of hydrogen-bond donors (Lipinski definition) is 1. The van der Waals surface area contributed by atoms with E-state index in [0.29, 0.717) is 17.4 Å². The highest BCUT2D eigenvalue weighted by molar-refractivity contribution is 5.90. The largest absolute Gasteiger partial charge is 0.454 e. The van der Waals surface area contributed by atoms with Crippen LogP contribution in [-0.4, -0.2) is 23.3 Å². The summed E-state index contributed by atoms with van der Waals surface area (Å²) in [6, 6.07) is 0. The van der Waals surface area contributed by atoms with Crippen molar-refractivity contribution in [2.24, 2.45) is 17.8 Å². The molecule has 1 saturated carbocycles. The Kier molecular flexibility index (Phi) is 2.63. The van der Waals surface area contributed by atoms with E-state index in [0.717, 1.165) is 24.0 Å². The first-order valence-electron chi connectivity index (χ1n) is 6.77. The average Bonchev–Trinajstić information content (AvgIpc) is 2.31. The molecule has 0 bridgehead atoms. The average molecular weight is 248 g/mol. The van der Waals surface area contributed by atoms with Crippen LogP contribution in [0.4, 0.5) is 0 Å². The van der Waals surface area contributed by atoms with Crippen LogP contribution in [0.3, 0.4) is 0 Å². The lowest BCUT2D eigenvalue weighted by Gasteiger charge is -2.49. The molecule has 1 aliphatic heterocycles. The Morgan fingerprint density at radius 1 is 1.39 bits per heavy atom. The zero-order valence-corrected chi connectivity index (χ0v) is 11.1. The molecule has 0 saturated heterocycles. The van der Waals surface area contributed by atoms with Crippen molar-refractivity contribution >= 4 is 5.97 Å². The number of esters is 1. The van der Waals surface area contributed by atoms with E-state index >= 15 is 0 Å². The highest BCUT2D eigenvalue weighted by atomic mass is 16.5. The van der Waals surface area contributed by atoms with Gasteiger partial charge in [-0.15, -0.1) is 0 Å². The smallest absolute Gasteiger partial charge is 0.334 e. The van der Waals surface area contributed by atoms with Crippen LogP contribution in [-0.2, 0) is 9.53 Å². The molecule has 2 aliphatic carbocycles. The zero-order chi connectivity index (χ0) is 13.0. The molecule has 0 aromatic rings. The second-order valence-electron chi connectivity index (χ2n) is 6.01. The molecule has 1 heterocycles. The molecule has 3 heteroatoms. The van der Waals surface area contributed by atoms with Gasteiger partial charge in [0.2, 0.25) is 0 Å². The van der Waals surface area contributed by atoms with Gasteiger partial charge in [-0.25, -0.2) is 4.79 Å². The number of hydrogen-bond acceptors (Lipinski definition) is 3. The van der Waals surface area contributed by atoms with E-state index in [1.54, 1.807) is 6.92 Å². The molecule has 0 radical (unpaired) electrons. The second-order valence-corrected chi connectivity index (χ2v) is 6.01. The minimum atomic E-state index is -0.470. The maximum Gasteiger partial charge on any atom is 0.334 e. The van der Waals surface area contributed by atoms with E-state index in [2.05, 4.69) is 13.0 Å². The molecule has 0 aromatic heterocycles. The molecule has 5 atom stereocenters. The maximum atomic E-state index is 11.9. The number of rotatable bonds is 0. The maximum absolute atomic E-state index is 11.9. The van der Waals surface area contributed by atoms with E-state index in [9.17, 15) is 9.90 Å². The SMILES string of the molecule is CC1=CCC2C(C)CC(O)C3=C(C)C(=O)OC1C32. The molecule has 5 unspecified atom stereocenters. The van der Waals surface area contributed by atoms with Crippen LogP contribution in [0.15, 0.2) is 22.8 Å². The standard InChI is InChI=1S/C15H20O3/c1-7-4-5-10-8(2)6-11(16)12-9(3)15(17)18-14(7)13(10)12/h4,8,10-11,13-14,16H,5-6H2,1-3H3. The van der Waals surface area contributed by atoms with Gasteiger partial charge in [-0.05, 0) is 49.7 Å². The first kappa shape index (κ1) is 12.0. The number of carbonyl (C=O) groups excluding carboxylic acids is 1. The summed E-state index contributed by atoms with van der Waals surface area (Å²) >= 11 is 0. The Balaban J connectivity index is 2.13. The van der Waals surface area contributed by atoms with Gasteiger partial charge >= 0.3 is 5.97 Å². The number of aliphatic hydroxyl groups excluding tert-OH is 1. The lowest BCUT2D eigenvalue weighted by Crippen LogP contribution is -2.49. The Hall–Kier alpha value is -1.09. The van der Waals surface area contributed by atoms with Crippen molar-refractivity contribution in [1.82, 2.24) is 0 Å². The lowest BCUT2D eigenvalue weighted by atomic mass is 9.60. The van der Waals surface area contributed by atoms with Crippen LogP contribution in [0.2, 0.25) is 0 Å². The molecule has 3 nitrogen and oxygen atoms in total. The topological polar surface area (TPSA) is 46.5 Å². The zero-order valence-electron chi connectivity index (χ0n) is 11.1. The lowest BCUT2D eigenvalue weighted by molar-refractivity contribution is -0.150. The van der Waals surface area contributed by atoms with Crippen molar-refractivity contribution in [3.05, 3.63) is 22.8 Å². The predicted molar refractivity (Wildman–Crippen MR) is 67.7 cm³/mol. The summed E-state index contributed by atoms with van der Waals surface area (Å²) in [4.78, 5) is 11.9. The Morgan fingerprint density at radius 2 is 2.11 bits per heavy atom. The molecule has 0 spiro atoms. The predicted octanol–water partition coefficient (Wildman–Crippen LogP) is 2.21. The minimum absolute atomic E-state index is 0.146. The molecule has 3 aliphatic rings. The van der Waals surface area contributed by atoms with Gasteiger partial charge in [0.05, 0.1) is 6.10 Å². The molecule has 3 rings (SSSR count). The fraction of sp³-hybridized carbons (Fsp3) is 0.667. The Morgan fingerprint density at radius 3 is 2.83 bits per heavy atom. The summed E-state index contributed by atoms with van der Waals surface area (Å²) in [5, 5.41) is 10.3. The first-order chi connectivity index (χ1) is 8.50. The molecule has 1 N–H and O–H groups in total. The number of ether oxygens (including phenoxy) is 1. The fourth-order valence-electron chi connectivity index (χ4n) is 3.94. The van der Waals surface area contributed by atoms with E-state index in [-0.39, 0.29) is 18.0 Å². The summed E-state index contributed by atoms with van der Waals surface area (Å²) in [7, 11) is 0. The minimum Gasteiger partial charge on any atom is -0.454 e.